The molecule has 0 saturated carbocycles. The van der Waals surface area contributed by atoms with Gasteiger partial charge in [-0.15, -0.1) is 0 Å². The van der Waals surface area contributed by atoms with Gasteiger partial charge in [0.05, 0.1) is 6.61 Å². The van der Waals surface area contributed by atoms with Crippen molar-refractivity contribution in [3.8, 4) is 0 Å². The van der Waals surface area contributed by atoms with Crippen molar-refractivity contribution in [2.45, 2.75) is 72.4 Å². The van der Waals surface area contributed by atoms with E-state index in [1.165, 1.54) is 19.3 Å². The second-order valence-corrected chi connectivity index (χ2v) is 7.45. The van der Waals surface area contributed by atoms with Crippen molar-refractivity contribution >= 4 is 0 Å². The minimum absolute atomic E-state index is 0.309. The molecule has 0 aliphatic carbocycles. The monoisotopic (exact) mass is 298 g/mol. The molecule has 0 aromatic heterocycles. The summed E-state index contributed by atoms with van der Waals surface area (Å²) in [6, 6.07) is 0.643. The van der Waals surface area contributed by atoms with Crippen molar-refractivity contribution < 1.29 is 4.74 Å². The van der Waals surface area contributed by atoms with Crippen LogP contribution in [-0.4, -0.2) is 49.3 Å². The zero-order chi connectivity index (χ0) is 15.9. The first-order chi connectivity index (χ1) is 9.94. The molecule has 3 heteroatoms. The summed E-state index contributed by atoms with van der Waals surface area (Å²) in [5.74, 6) is 1.43. The summed E-state index contributed by atoms with van der Waals surface area (Å²) < 4.78 is 5.85. The van der Waals surface area contributed by atoms with Crippen molar-refractivity contribution in [3.05, 3.63) is 0 Å². The number of rotatable bonds is 9. The third-order valence-electron chi connectivity index (χ3n) is 5.15. The van der Waals surface area contributed by atoms with Crippen LogP contribution in [0.1, 0.15) is 60.8 Å². The first-order valence-electron chi connectivity index (χ1n) is 9.01. The molecule has 0 amide bonds. The molecule has 21 heavy (non-hydrogen) atoms. The van der Waals surface area contributed by atoms with E-state index in [4.69, 9.17) is 4.74 Å². The lowest BCUT2D eigenvalue weighted by Gasteiger charge is -2.49. The van der Waals surface area contributed by atoms with Crippen molar-refractivity contribution in [2.75, 3.05) is 32.8 Å². The predicted octanol–water partition coefficient (Wildman–Crippen LogP) is 3.54. The molecular formula is C18H38N2O. The Bertz CT molecular complexity index is 274. The smallest absolute Gasteiger partial charge is 0.0593 e. The minimum atomic E-state index is 0.309. The van der Waals surface area contributed by atoms with Gasteiger partial charge in [-0.2, -0.15) is 0 Å². The van der Waals surface area contributed by atoms with E-state index in [1.54, 1.807) is 0 Å². The fourth-order valence-corrected chi connectivity index (χ4v) is 3.24. The highest BCUT2D eigenvalue weighted by molar-refractivity contribution is 4.97. The highest BCUT2D eigenvalue weighted by atomic mass is 16.5. The SMILES string of the molecule is CCC1(CC)CN(CCOCCC(C)C)C(C(C)C)CN1. The van der Waals surface area contributed by atoms with Gasteiger partial charge in [0.15, 0.2) is 0 Å². The van der Waals surface area contributed by atoms with Gasteiger partial charge in [-0.05, 0) is 31.1 Å². The summed E-state index contributed by atoms with van der Waals surface area (Å²) in [4.78, 5) is 2.67. The van der Waals surface area contributed by atoms with Crippen molar-refractivity contribution in [2.24, 2.45) is 11.8 Å². The van der Waals surface area contributed by atoms with Gasteiger partial charge in [-0.25, -0.2) is 0 Å². The summed E-state index contributed by atoms with van der Waals surface area (Å²) >= 11 is 0. The molecule has 0 aromatic rings. The number of hydrogen-bond donors (Lipinski definition) is 1. The first-order valence-corrected chi connectivity index (χ1v) is 9.01. The van der Waals surface area contributed by atoms with E-state index >= 15 is 0 Å². The fourth-order valence-electron chi connectivity index (χ4n) is 3.24. The standard InChI is InChI=1S/C18H38N2O/c1-7-18(8-2)14-20(17(13-19-18)16(5)6)10-12-21-11-9-15(3)4/h15-17,19H,7-14H2,1-6H3. The second-order valence-electron chi connectivity index (χ2n) is 7.45. The number of piperazine rings is 1. The quantitative estimate of drug-likeness (QED) is 0.659. The maximum absolute atomic E-state index is 5.85. The number of nitrogens with one attached hydrogen (secondary N) is 1. The van der Waals surface area contributed by atoms with E-state index in [0.717, 1.165) is 38.8 Å². The van der Waals surface area contributed by atoms with Crippen LogP contribution in [0.2, 0.25) is 0 Å². The Kier molecular flexibility index (Phi) is 8.22. The van der Waals surface area contributed by atoms with Crippen LogP contribution in [0.25, 0.3) is 0 Å². The van der Waals surface area contributed by atoms with E-state index in [9.17, 15) is 0 Å². The number of ether oxygens (including phenoxy) is 1. The largest absolute Gasteiger partial charge is 0.380 e. The Morgan fingerprint density at radius 2 is 1.81 bits per heavy atom. The van der Waals surface area contributed by atoms with Crippen LogP contribution in [0.4, 0.5) is 0 Å². The van der Waals surface area contributed by atoms with Crippen molar-refractivity contribution in [1.82, 2.24) is 10.2 Å². The normalized spacial score (nSPS) is 23.1. The third-order valence-corrected chi connectivity index (χ3v) is 5.15. The van der Waals surface area contributed by atoms with Crippen LogP contribution in [0.3, 0.4) is 0 Å². The van der Waals surface area contributed by atoms with Crippen LogP contribution < -0.4 is 5.32 Å². The minimum Gasteiger partial charge on any atom is -0.380 e. The van der Waals surface area contributed by atoms with Crippen LogP contribution in [0, 0.1) is 11.8 Å². The maximum atomic E-state index is 5.85. The van der Waals surface area contributed by atoms with Gasteiger partial charge >= 0.3 is 0 Å². The van der Waals surface area contributed by atoms with Crippen LogP contribution in [-0.2, 0) is 4.74 Å². The van der Waals surface area contributed by atoms with Gasteiger partial charge in [-0.3, -0.25) is 4.90 Å². The Balaban J connectivity index is 2.48. The van der Waals surface area contributed by atoms with E-state index in [-0.39, 0.29) is 0 Å². The van der Waals surface area contributed by atoms with E-state index in [0.29, 0.717) is 17.5 Å². The Morgan fingerprint density at radius 3 is 2.33 bits per heavy atom. The Hall–Kier alpha value is -0.120. The van der Waals surface area contributed by atoms with Gasteiger partial charge in [-0.1, -0.05) is 41.5 Å². The van der Waals surface area contributed by atoms with Gasteiger partial charge < -0.3 is 10.1 Å². The summed E-state index contributed by atoms with van der Waals surface area (Å²) in [6.45, 7) is 18.9. The van der Waals surface area contributed by atoms with E-state index in [1.807, 2.05) is 0 Å². The zero-order valence-corrected chi connectivity index (χ0v) is 15.2. The molecule has 1 heterocycles. The lowest BCUT2D eigenvalue weighted by atomic mass is 9.86. The molecular weight excluding hydrogens is 260 g/mol. The molecule has 1 fully saturated rings. The Labute approximate surface area is 132 Å². The third kappa shape index (κ3) is 5.88. The van der Waals surface area contributed by atoms with Gasteiger partial charge in [0.2, 0.25) is 0 Å². The molecule has 1 aliphatic rings. The van der Waals surface area contributed by atoms with Crippen molar-refractivity contribution in [3.63, 3.8) is 0 Å². The Morgan fingerprint density at radius 1 is 1.14 bits per heavy atom. The van der Waals surface area contributed by atoms with Gasteiger partial charge in [0, 0.05) is 37.8 Å². The van der Waals surface area contributed by atoms with Gasteiger partial charge in [0.1, 0.15) is 0 Å². The van der Waals surface area contributed by atoms with Crippen molar-refractivity contribution in [1.29, 1.82) is 0 Å². The van der Waals surface area contributed by atoms with E-state index < -0.39 is 0 Å². The van der Waals surface area contributed by atoms with Crippen LogP contribution in [0.15, 0.2) is 0 Å². The number of nitrogens with zero attached hydrogens (tertiary/aromatic N) is 1. The summed E-state index contributed by atoms with van der Waals surface area (Å²) in [5, 5.41) is 3.83. The molecule has 126 valence electrons. The fraction of sp³-hybridized carbons (Fsp3) is 1.00. The lowest BCUT2D eigenvalue weighted by molar-refractivity contribution is 0.0203. The summed E-state index contributed by atoms with van der Waals surface area (Å²) in [5.41, 5.74) is 0.309. The number of hydrogen-bond acceptors (Lipinski definition) is 3. The highest BCUT2D eigenvalue weighted by Gasteiger charge is 2.37. The molecule has 3 nitrogen and oxygen atoms in total. The summed E-state index contributed by atoms with van der Waals surface area (Å²) in [6.07, 6.45) is 3.58. The van der Waals surface area contributed by atoms with E-state index in [2.05, 4.69) is 51.8 Å². The average molecular weight is 299 g/mol. The highest BCUT2D eigenvalue weighted by Crippen LogP contribution is 2.25. The summed E-state index contributed by atoms with van der Waals surface area (Å²) in [7, 11) is 0. The molecule has 1 aliphatic heterocycles. The molecule has 0 aromatic carbocycles. The molecule has 1 rings (SSSR count). The molecule has 1 atom stereocenters. The van der Waals surface area contributed by atoms with Crippen LogP contribution >= 0.6 is 0 Å². The first kappa shape index (κ1) is 18.9. The molecule has 1 unspecified atom stereocenters. The molecule has 0 spiro atoms. The van der Waals surface area contributed by atoms with Gasteiger partial charge in [0.25, 0.3) is 0 Å². The molecule has 0 radical (unpaired) electrons. The second kappa shape index (κ2) is 9.12. The van der Waals surface area contributed by atoms with Crippen LogP contribution in [0.5, 0.6) is 0 Å². The topological polar surface area (TPSA) is 24.5 Å². The molecule has 0 bridgehead atoms. The predicted molar refractivity (Wildman–Crippen MR) is 91.8 cm³/mol. The molecule has 1 saturated heterocycles. The zero-order valence-electron chi connectivity index (χ0n) is 15.2. The average Bonchev–Trinajstić information content (AvgIpc) is 2.46. The lowest BCUT2D eigenvalue weighted by Crippen LogP contribution is -2.65. The maximum Gasteiger partial charge on any atom is 0.0593 e. The molecule has 1 N–H and O–H groups in total.